The maximum atomic E-state index is 14.5. The summed E-state index contributed by atoms with van der Waals surface area (Å²) >= 11 is 0. The standard InChI is InChI=1S/C33H38N6O3/c1-4-28(40)39-17-16-38(20-24(39)12-14-34)31-27-11-13-33(18-22(2)26-10-6-5-8-23(26)19-33)30(41)29(27)35-32(36-31)42-21-25-9-7-15-37(25)3/h4-6,8,10,18,24-25H,1,7,9,11-13,15-17,19-21H2,2-3H3/t24-,25-,33+/m0/s1. The van der Waals surface area contributed by atoms with Gasteiger partial charge in [0.1, 0.15) is 18.1 Å². The Morgan fingerprint density at radius 1 is 1.24 bits per heavy atom. The number of Topliss-reactive ketones (excluding diaryl/α,β-unsaturated/α-hetero) is 1. The number of fused-ring (bicyclic) bond motifs is 2. The maximum absolute atomic E-state index is 14.5. The van der Waals surface area contributed by atoms with Crippen LogP contribution in [0.3, 0.4) is 0 Å². The fourth-order valence-corrected chi connectivity index (χ4v) is 7.24. The fourth-order valence-electron chi connectivity index (χ4n) is 7.24. The smallest absolute Gasteiger partial charge is 0.319 e. The molecule has 4 aliphatic rings. The van der Waals surface area contributed by atoms with Crippen molar-refractivity contribution in [2.24, 2.45) is 5.41 Å². The predicted octanol–water partition coefficient (Wildman–Crippen LogP) is 3.84. The second kappa shape index (κ2) is 11.3. The summed E-state index contributed by atoms with van der Waals surface area (Å²) in [5, 5.41) is 9.51. The number of allylic oxidation sites excluding steroid dienone is 2. The second-order valence-corrected chi connectivity index (χ2v) is 12.1. The number of amides is 1. The molecule has 9 nitrogen and oxygen atoms in total. The minimum absolute atomic E-state index is 0.0122. The average molecular weight is 567 g/mol. The third kappa shape index (κ3) is 4.98. The number of aromatic nitrogens is 2. The van der Waals surface area contributed by atoms with Crippen LogP contribution >= 0.6 is 0 Å². The Bertz CT molecular complexity index is 1500. The monoisotopic (exact) mass is 566 g/mol. The number of likely N-dealkylation sites (tertiary alicyclic amines) is 1. The van der Waals surface area contributed by atoms with Crippen molar-refractivity contribution in [2.75, 3.05) is 44.7 Å². The summed E-state index contributed by atoms with van der Waals surface area (Å²) in [5.41, 5.74) is 4.12. The number of nitrogens with zero attached hydrogens (tertiary/aromatic N) is 6. The molecule has 218 valence electrons. The number of anilines is 1. The first-order valence-electron chi connectivity index (χ1n) is 14.9. The van der Waals surface area contributed by atoms with Crippen LogP contribution in [0.1, 0.15) is 59.8 Å². The Balaban J connectivity index is 1.37. The van der Waals surface area contributed by atoms with Gasteiger partial charge in [0.2, 0.25) is 5.91 Å². The van der Waals surface area contributed by atoms with Gasteiger partial charge >= 0.3 is 6.01 Å². The molecule has 3 heterocycles. The van der Waals surface area contributed by atoms with Crippen LogP contribution in [-0.2, 0) is 17.6 Å². The summed E-state index contributed by atoms with van der Waals surface area (Å²) in [4.78, 5) is 42.8. The van der Waals surface area contributed by atoms with Gasteiger partial charge in [-0.25, -0.2) is 0 Å². The number of rotatable bonds is 6. The first-order valence-corrected chi connectivity index (χ1v) is 14.9. The number of likely N-dealkylation sites (N-methyl/N-ethyl adjacent to an activating group) is 1. The van der Waals surface area contributed by atoms with Crippen molar-refractivity contribution in [3.63, 3.8) is 0 Å². The van der Waals surface area contributed by atoms with Gasteiger partial charge in [-0.1, -0.05) is 36.9 Å². The average Bonchev–Trinajstić information content (AvgIpc) is 3.42. The molecule has 2 aliphatic heterocycles. The molecular weight excluding hydrogens is 528 g/mol. The Morgan fingerprint density at radius 2 is 2.07 bits per heavy atom. The van der Waals surface area contributed by atoms with Crippen LogP contribution in [0.25, 0.3) is 5.57 Å². The number of ether oxygens (including phenoxy) is 1. The normalized spacial score (nSPS) is 25.5. The summed E-state index contributed by atoms with van der Waals surface area (Å²) in [6, 6.07) is 10.7. The number of hydrogen-bond acceptors (Lipinski definition) is 8. The molecule has 0 bridgehead atoms. The SMILES string of the molecule is C=CC(=O)N1CCN(c2nc(OC[C@@H]3CCCN3C)nc3c2CC[C@]2(C=C(C)c4ccccc4C2)C3=O)C[C@@H]1CC#N. The predicted molar refractivity (Wildman–Crippen MR) is 160 cm³/mol. The lowest BCUT2D eigenvalue weighted by molar-refractivity contribution is -0.128. The van der Waals surface area contributed by atoms with E-state index in [0.29, 0.717) is 57.0 Å². The lowest BCUT2D eigenvalue weighted by Crippen LogP contribution is -2.55. The highest BCUT2D eigenvalue weighted by Crippen LogP contribution is 2.46. The van der Waals surface area contributed by atoms with Crippen LogP contribution in [0.5, 0.6) is 6.01 Å². The van der Waals surface area contributed by atoms with Gasteiger partial charge < -0.3 is 19.4 Å². The Labute approximate surface area is 247 Å². The molecule has 0 unspecified atom stereocenters. The topological polar surface area (TPSA) is 103 Å². The van der Waals surface area contributed by atoms with Crippen LogP contribution < -0.4 is 9.64 Å². The zero-order valence-corrected chi connectivity index (χ0v) is 24.5. The number of nitriles is 1. The van der Waals surface area contributed by atoms with Crippen molar-refractivity contribution in [3.8, 4) is 12.1 Å². The van der Waals surface area contributed by atoms with E-state index in [1.54, 1.807) is 4.90 Å². The zero-order valence-electron chi connectivity index (χ0n) is 24.5. The lowest BCUT2D eigenvalue weighted by atomic mass is 9.64. The van der Waals surface area contributed by atoms with E-state index in [0.717, 1.165) is 30.5 Å². The summed E-state index contributed by atoms with van der Waals surface area (Å²) in [7, 11) is 2.10. The van der Waals surface area contributed by atoms with E-state index < -0.39 is 5.41 Å². The van der Waals surface area contributed by atoms with Gasteiger partial charge in [0.15, 0.2) is 5.78 Å². The number of ketones is 1. The summed E-state index contributed by atoms with van der Waals surface area (Å²) in [5.74, 6) is 0.517. The molecule has 2 aliphatic carbocycles. The number of hydrogen-bond donors (Lipinski definition) is 0. The highest BCUT2D eigenvalue weighted by Gasteiger charge is 2.46. The summed E-state index contributed by atoms with van der Waals surface area (Å²) in [6.45, 7) is 8.62. The molecule has 2 fully saturated rings. The number of carbonyl (C=O) groups is 2. The molecule has 0 radical (unpaired) electrons. The number of piperazine rings is 1. The van der Waals surface area contributed by atoms with Crippen LogP contribution in [0.15, 0.2) is 43.0 Å². The zero-order chi connectivity index (χ0) is 29.4. The van der Waals surface area contributed by atoms with Gasteiger partial charge in [0.25, 0.3) is 0 Å². The molecule has 2 saturated heterocycles. The molecule has 1 spiro atoms. The van der Waals surface area contributed by atoms with E-state index in [1.165, 1.54) is 17.2 Å². The molecule has 0 saturated carbocycles. The van der Waals surface area contributed by atoms with Crippen molar-refractivity contribution >= 4 is 23.1 Å². The minimum Gasteiger partial charge on any atom is -0.462 e. The fraction of sp³-hybridized carbons (Fsp3) is 0.485. The Kier molecular flexibility index (Phi) is 7.58. The van der Waals surface area contributed by atoms with Crippen LogP contribution in [0, 0.1) is 16.7 Å². The van der Waals surface area contributed by atoms with Crippen LogP contribution in [-0.4, -0.2) is 83.4 Å². The van der Waals surface area contributed by atoms with Gasteiger partial charge in [-0.05, 0) is 75.4 Å². The lowest BCUT2D eigenvalue weighted by Gasteiger charge is -2.43. The van der Waals surface area contributed by atoms with E-state index in [2.05, 4.69) is 54.6 Å². The first kappa shape index (κ1) is 28.1. The van der Waals surface area contributed by atoms with Gasteiger partial charge in [0.05, 0.1) is 23.9 Å². The summed E-state index contributed by atoms with van der Waals surface area (Å²) < 4.78 is 6.22. The Morgan fingerprint density at radius 3 is 2.83 bits per heavy atom. The van der Waals surface area contributed by atoms with E-state index >= 15 is 0 Å². The van der Waals surface area contributed by atoms with Crippen molar-refractivity contribution in [1.29, 1.82) is 5.26 Å². The molecule has 0 N–H and O–H groups in total. The van der Waals surface area contributed by atoms with Crippen molar-refractivity contribution in [1.82, 2.24) is 19.8 Å². The maximum Gasteiger partial charge on any atom is 0.319 e. The van der Waals surface area contributed by atoms with Gasteiger partial charge in [0, 0.05) is 31.2 Å². The van der Waals surface area contributed by atoms with Crippen LogP contribution in [0.2, 0.25) is 0 Å². The third-order valence-electron chi connectivity index (χ3n) is 9.54. The van der Waals surface area contributed by atoms with E-state index in [9.17, 15) is 14.9 Å². The molecule has 1 amide bonds. The highest BCUT2D eigenvalue weighted by atomic mass is 16.5. The third-order valence-corrected chi connectivity index (χ3v) is 9.54. The molecule has 6 rings (SSSR count). The Hall–Kier alpha value is -4.03. The van der Waals surface area contributed by atoms with Gasteiger partial charge in [-0.2, -0.15) is 15.2 Å². The van der Waals surface area contributed by atoms with Crippen LogP contribution in [0.4, 0.5) is 5.82 Å². The minimum atomic E-state index is -0.654. The van der Waals surface area contributed by atoms with Gasteiger partial charge in [-0.3, -0.25) is 9.59 Å². The molecule has 1 aromatic carbocycles. The van der Waals surface area contributed by atoms with Crippen molar-refractivity contribution < 1.29 is 14.3 Å². The molecule has 2 aromatic rings. The number of benzene rings is 1. The van der Waals surface area contributed by atoms with E-state index in [4.69, 9.17) is 14.7 Å². The molecule has 1 aromatic heterocycles. The quantitative estimate of drug-likeness (QED) is 0.486. The molecule has 9 heteroatoms. The van der Waals surface area contributed by atoms with E-state index in [1.807, 2.05) is 12.1 Å². The molecular formula is C33H38N6O3. The molecule has 42 heavy (non-hydrogen) atoms. The second-order valence-electron chi connectivity index (χ2n) is 12.1. The number of carbonyl (C=O) groups excluding carboxylic acids is 2. The molecule has 3 atom stereocenters. The largest absolute Gasteiger partial charge is 0.462 e. The van der Waals surface area contributed by atoms with Gasteiger partial charge in [-0.15, -0.1) is 0 Å². The van der Waals surface area contributed by atoms with Crippen molar-refractivity contribution in [3.05, 3.63) is 65.4 Å². The van der Waals surface area contributed by atoms with E-state index in [-0.39, 0.29) is 36.2 Å². The first-order chi connectivity index (χ1) is 20.3. The van der Waals surface area contributed by atoms with Crippen molar-refractivity contribution in [2.45, 2.75) is 57.5 Å². The summed E-state index contributed by atoms with van der Waals surface area (Å²) in [6.07, 6.45) is 7.80. The highest BCUT2D eigenvalue weighted by molar-refractivity contribution is 6.05.